The zero-order chi connectivity index (χ0) is 24.7. The van der Waals surface area contributed by atoms with Crippen LogP contribution in [0.1, 0.15) is 39.7 Å². The monoisotopic (exact) mass is 484 g/mol. The maximum absolute atomic E-state index is 13.9. The summed E-state index contributed by atoms with van der Waals surface area (Å²) in [6.07, 6.45) is 0. The normalized spacial score (nSPS) is 17.4. The van der Waals surface area contributed by atoms with Gasteiger partial charge in [-0.05, 0) is 74.0 Å². The Morgan fingerprint density at radius 3 is 2.40 bits per heavy atom. The lowest BCUT2D eigenvalue weighted by Gasteiger charge is -2.43. The first-order chi connectivity index (χ1) is 16.7. The summed E-state index contributed by atoms with van der Waals surface area (Å²) < 4.78 is 1.68. The van der Waals surface area contributed by atoms with Gasteiger partial charge in [-0.1, -0.05) is 42.0 Å². The highest BCUT2D eigenvalue weighted by Gasteiger charge is 2.49. The Hall–Kier alpha value is -3.71. The first-order valence-corrected chi connectivity index (χ1v) is 12.5. The minimum Gasteiger partial charge on any atom is -0.350 e. The third-order valence-corrected chi connectivity index (χ3v) is 7.35. The largest absolute Gasteiger partial charge is 0.350 e. The molecule has 3 heterocycles. The third-order valence-electron chi connectivity index (χ3n) is 6.45. The van der Waals surface area contributed by atoms with Gasteiger partial charge in [0.2, 0.25) is 5.91 Å². The first-order valence-electron chi connectivity index (χ1n) is 11.6. The van der Waals surface area contributed by atoms with Gasteiger partial charge in [0.05, 0.1) is 11.4 Å². The average Bonchev–Trinajstić information content (AvgIpc) is 3.48. The van der Waals surface area contributed by atoms with Crippen molar-refractivity contribution in [2.75, 3.05) is 4.90 Å². The molecular formula is C28H28N4O2S. The smallest absolute Gasteiger partial charge is 0.277 e. The zero-order valence-electron chi connectivity index (χ0n) is 20.3. The van der Waals surface area contributed by atoms with E-state index in [1.54, 1.807) is 20.9 Å². The molecule has 0 saturated heterocycles. The Morgan fingerprint density at radius 2 is 1.74 bits per heavy atom. The molecule has 0 unspecified atom stereocenters. The molecule has 4 aromatic rings. The van der Waals surface area contributed by atoms with Gasteiger partial charge < -0.3 is 5.32 Å². The number of benzene rings is 2. The third kappa shape index (κ3) is 4.28. The second kappa shape index (κ2) is 8.82. The van der Waals surface area contributed by atoms with E-state index in [0.717, 1.165) is 27.3 Å². The van der Waals surface area contributed by atoms with Crippen LogP contribution in [0.5, 0.6) is 0 Å². The molecule has 0 saturated carbocycles. The standard InChI is InChI=1S/C28H28N4O2S/c1-18-7-9-21(10-8-18)16-29-27(34)28(4)17-31-24(15-23(30-31)25-6-5-11-35-25)26(33)32(28)22-13-19(2)12-20(3)14-22/h5-15H,16-17H2,1-4H3,(H,29,34)/t28-/m0/s1. The molecule has 0 bridgehead atoms. The molecule has 0 aliphatic carbocycles. The number of carbonyl (C=O) groups is 2. The van der Waals surface area contributed by atoms with E-state index in [1.807, 2.05) is 87.7 Å². The topological polar surface area (TPSA) is 67.2 Å². The molecule has 6 nitrogen and oxygen atoms in total. The second-order valence-corrected chi connectivity index (χ2v) is 10.4. The molecule has 2 aromatic heterocycles. The molecule has 1 N–H and O–H groups in total. The quantitative estimate of drug-likeness (QED) is 0.420. The molecule has 1 aliphatic heterocycles. The molecule has 0 fully saturated rings. The highest BCUT2D eigenvalue weighted by atomic mass is 32.1. The summed E-state index contributed by atoms with van der Waals surface area (Å²) in [6.45, 7) is 8.49. The number of hydrogen-bond donors (Lipinski definition) is 1. The average molecular weight is 485 g/mol. The van der Waals surface area contributed by atoms with Crippen molar-refractivity contribution >= 4 is 28.8 Å². The molecular weight excluding hydrogens is 456 g/mol. The SMILES string of the molecule is Cc1ccc(CNC(=O)[C@]2(C)Cn3nc(-c4cccs4)cc3C(=O)N2c2cc(C)cc(C)c2)cc1. The molecule has 2 amide bonds. The van der Waals surface area contributed by atoms with E-state index < -0.39 is 5.54 Å². The van der Waals surface area contributed by atoms with E-state index in [1.165, 1.54) is 5.56 Å². The van der Waals surface area contributed by atoms with Crippen molar-refractivity contribution in [3.05, 3.63) is 94.0 Å². The van der Waals surface area contributed by atoms with Gasteiger partial charge >= 0.3 is 0 Å². The Kier molecular flexibility index (Phi) is 5.81. The van der Waals surface area contributed by atoms with Gasteiger partial charge in [0, 0.05) is 12.2 Å². The van der Waals surface area contributed by atoms with Crippen LogP contribution < -0.4 is 10.2 Å². The number of nitrogens with zero attached hydrogens (tertiary/aromatic N) is 3. The van der Waals surface area contributed by atoms with E-state index in [4.69, 9.17) is 5.10 Å². The molecule has 2 aromatic carbocycles. The van der Waals surface area contributed by atoms with Gasteiger partial charge in [0.1, 0.15) is 16.9 Å². The lowest BCUT2D eigenvalue weighted by atomic mass is 9.93. The highest BCUT2D eigenvalue weighted by Crippen LogP contribution is 2.35. The predicted octanol–water partition coefficient (Wildman–Crippen LogP) is 5.27. The minimum absolute atomic E-state index is 0.218. The number of aromatic nitrogens is 2. The highest BCUT2D eigenvalue weighted by molar-refractivity contribution is 7.13. The van der Waals surface area contributed by atoms with Gasteiger partial charge in [0.25, 0.3) is 5.91 Å². The summed E-state index contributed by atoms with van der Waals surface area (Å²) in [6, 6.07) is 19.8. The Bertz CT molecular complexity index is 1390. The van der Waals surface area contributed by atoms with Crippen molar-refractivity contribution in [3.8, 4) is 10.6 Å². The fourth-order valence-electron chi connectivity index (χ4n) is 4.69. The van der Waals surface area contributed by atoms with Gasteiger partial charge in [-0.3, -0.25) is 19.2 Å². The number of anilines is 1. The molecule has 0 spiro atoms. The zero-order valence-corrected chi connectivity index (χ0v) is 21.1. The Labute approximate surface area is 209 Å². The number of nitrogens with one attached hydrogen (secondary N) is 1. The summed E-state index contributed by atoms with van der Waals surface area (Å²) in [4.78, 5) is 30.3. The summed E-state index contributed by atoms with van der Waals surface area (Å²) >= 11 is 1.57. The first kappa shape index (κ1) is 23.1. The van der Waals surface area contributed by atoms with Crippen LogP contribution in [0.3, 0.4) is 0 Å². The number of carbonyl (C=O) groups excluding carboxylic acids is 2. The summed E-state index contributed by atoms with van der Waals surface area (Å²) in [5.74, 6) is -0.450. The van der Waals surface area contributed by atoms with Crippen LogP contribution in [0, 0.1) is 20.8 Å². The van der Waals surface area contributed by atoms with Crippen molar-refractivity contribution in [2.24, 2.45) is 0 Å². The van der Waals surface area contributed by atoms with E-state index in [-0.39, 0.29) is 18.4 Å². The van der Waals surface area contributed by atoms with Crippen LogP contribution >= 0.6 is 11.3 Å². The maximum atomic E-state index is 13.9. The van der Waals surface area contributed by atoms with Crippen LogP contribution in [-0.4, -0.2) is 27.1 Å². The van der Waals surface area contributed by atoms with E-state index in [2.05, 4.69) is 11.4 Å². The fourth-order valence-corrected chi connectivity index (χ4v) is 5.37. The molecule has 7 heteroatoms. The van der Waals surface area contributed by atoms with Crippen molar-refractivity contribution in [3.63, 3.8) is 0 Å². The number of aryl methyl sites for hydroxylation is 3. The molecule has 0 radical (unpaired) electrons. The van der Waals surface area contributed by atoms with Crippen molar-refractivity contribution < 1.29 is 9.59 Å². The Balaban J connectivity index is 1.55. The van der Waals surface area contributed by atoms with E-state index in [9.17, 15) is 9.59 Å². The predicted molar refractivity (Wildman–Crippen MR) is 140 cm³/mol. The molecule has 35 heavy (non-hydrogen) atoms. The number of fused-ring (bicyclic) bond motifs is 1. The minimum atomic E-state index is -1.16. The molecule has 1 atom stereocenters. The molecule has 1 aliphatic rings. The van der Waals surface area contributed by atoms with E-state index in [0.29, 0.717) is 17.9 Å². The van der Waals surface area contributed by atoms with Gasteiger partial charge in [0.15, 0.2) is 0 Å². The number of amides is 2. The second-order valence-electron chi connectivity index (χ2n) is 9.48. The summed E-state index contributed by atoms with van der Waals surface area (Å²) in [5.41, 5.74) is 5.02. The summed E-state index contributed by atoms with van der Waals surface area (Å²) in [5, 5.41) is 9.77. The van der Waals surface area contributed by atoms with Crippen LogP contribution in [0.2, 0.25) is 0 Å². The molecule has 5 rings (SSSR count). The van der Waals surface area contributed by atoms with E-state index >= 15 is 0 Å². The van der Waals surface area contributed by atoms with Crippen molar-refractivity contribution in [1.29, 1.82) is 0 Å². The lowest BCUT2D eigenvalue weighted by Crippen LogP contribution is -2.64. The number of rotatable bonds is 5. The van der Waals surface area contributed by atoms with Crippen LogP contribution in [0.25, 0.3) is 10.6 Å². The van der Waals surface area contributed by atoms with Gasteiger partial charge in [-0.15, -0.1) is 11.3 Å². The number of thiophene rings is 1. The fraction of sp³-hybridized carbons (Fsp3) is 0.250. The molecule has 178 valence electrons. The maximum Gasteiger partial charge on any atom is 0.277 e. The van der Waals surface area contributed by atoms with Crippen LogP contribution in [-0.2, 0) is 17.9 Å². The Morgan fingerprint density at radius 1 is 1.03 bits per heavy atom. The lowest BCUT2D eigenvalue weighted by molar-refractivity contribution is -0.126. The van der Waals surface area contributed by atoms with Crippen LogP contribution in [0.15, 0.2) is 66.0 Å². The van der Waals surface area contributed by atoms with Gasteiger partial charge in [-0.2, -0.15) is 5.10 Å². The van der Waals surface area contributed by atoms with Crippen molar-refractivity contribution in [1.82, 2.24) is 15.1 Å². The van der Waals surface area contributed by atoms with Gasteiger partial charge in [-0.25, -0.2) is 0 Å². The van der Waals surface area contributed by atoms with Crippen LogP contribution in [0.4, 0.5) is 5.69 Å². The van der Waals surface area contributed by atoms with Crippen molar-refractivity contribution in [2.45, 2.75) is 46.3 Å². The summed E-state index contributed by atoms with van der Waals surface area (Å²) in [7, 11) is 0. The number of hydrogen-bond acceptors (Lipinski definition) is 4.